The second-order valence-corrected chi connectivity index (χ2v) is 13.2. The lowest BCUT2D eigenvalue weighted by Gasteiger charge is -2.41. The van der Waals surface area contributed by atoms with E-state index in [-0.39, 0.29) is 0 Å². The molecule has 0 saturated heterocycles. The minimum atomic E-state index is -8.76. The molecule has 0 spiro atoms. The van der Waals surface area contributed by atoms with Gasteiger partial charge in [0.05, 0.1) is 20.6 Å². The van der Waals surface area contributed by atoms with Crippen molar-refractivity contribution in [3.05, 3.63) is 0 Å². The van der Waals surface area contributed by atoms with E-state index in [1.807, 2.05) is 0 Å². The van der Waals surface area contributed by atoms with Gasteiger partial charge in [0.1, 0.15) is 24.9 Å². The van der Waals surface area contributed by atoms with Gasteiger partial charge in [-0.15, -0.1) is 0 Å². The van der Waals surface area contributed by atoms with Crippen molar-refractivity contribution >= 4 is 26.1 Å². The first kappa shape index (κ1) is 42.2. The maximum absolute atomic E-state index is 14.5. The summed E-state index contributed by atoms with van der Waals surface area (Å²) in [4.78, 5) is 11.0. The number of carboxylic acids is 1. The van der Waals surface area contributed by atoms with Gasteiger partial charge in [0, 0.05) is 13.0 Å². The van der Waals surface area contributed by atoms with Crippen molar-refractivity contribution in [1.82, 2.24) is 4.31 Å². The highest BCUT2D eigenvalue weighted by atomic mass is 32.2. The van der Waals surface area contributed by atoms with Crippen LogP contribution in [0.25, 0.3) is 0 Å². The summed E-state index contributed by atoms with van der Waals surface area (Å²) in [5.41, 5.74) is 0. The van der Waals surface area contributed by atoms with Crippen LogP contribution in [0.15, 0.2) is 0 Å². The Morgan fingerprint density at radius 1 is 0.750 bits per heavy atom. The molecule has 0 aliphatic rings. The molecule has 0 aromatic heterocycles. The Kier molecular flexibility index (Phi) is 11.9. The number of likely N-dealkylation sites (N-methyl/N-ethyl adjacent to an activating group) is 1. The van der Waals surface area contributed by atoms with Crippen molar-refractivity contribution in [1.29, 1.82) is 0 Å². The van der Waals surface area contributed by atoms with E-state index in [4.69, 9.17) is 9.66 Å². The van der Waals surface area contributed by atoms with Crippen LogP contribution in [0.4, 0.5) is 65.9 Å². The maximum atomic E-state index is 14.5. The van der Waals surface area contributed by atoms with Crippen LogP contribution < -0.4 is 0 Å². The van der Waals surface area contributed by atoms with E-state index in [2.05, 4.69) is 0 Å². The number of carboxylic acid groups (broad SMARTS) is 1. The number of quaternary nitrogens is 1. The molecule has 0 aromatic carbocycles. The zero-order chi connectivity index (χ0) is 36.0. The number of halogens is 15. The van der Waals surface area contributed by atoms with E-state index in [1.54, 1.807) is 0 Å². The fraction of sp³-hybridized carbons (Fsp3) is 0.941. The highest BCUT2D eigenvalue weighted by Crippen LogP contribution is 2.63. The minimum Gasteiger partial charge on any atom is -0.480 e. The van der Waals surface area contributed by atoms with E-state index in [9.17, 15) is 92.6 Å². The van der Waals surface area contributed by atoms with Crippen molar-refractivity contribution in [3.8, 4) is 0 Å². The smallest absolute Gasteiger partial charge is 0.460 e. The molecule has 0 aliphatic carbocycles. The van der Waals surface area contributed by atoms with Crippen LogP contribution in [-0.2, 0) is 24.9 Å². The Morgan fingerprint density at radius 2 is 1.14 bits per heavy atom. The molecule has 0 heterocycles. The minimum absolute atomic E-state index is 0.650. The molecule has 1 unspecified atom stereocenters. The molecule has 1 atom stereocenters. The molecule has 0 aromatic rings. The molecule has 0 amide bonds. The summed E-state index contributed by atoms with van der Waals surface area (Å²) in [7, 11) is -10.3. The zero-order valence-corrected chi connectivity index (χ0v) is 23.2. The first-order valence-electron chi connectivity index (χ1n) is 10.9. The first-order valence-corrected chi connectivity index (χ1v) is 13.9. The van der Waals surface area contributed by atoms with E-state index in [0.29, 0.717) is 0 Å². The summed E-state index contributed by atoms with van der Waals surface area (Å²) >= 11 is 0. The SMILES string of the molecule is C[N+](C)(CCCN(CC(=O)O)S(=O)(=O)C(F)(F)C(F)(F)C(F)(F)C(F)(F)C(F)(F)C(F)(F)C(F)(F)F)CC(O)CS(=O)(=O)O. The number of aliphatic hydroxyl groups is 1. The number of alkyl halides is 15. The molecule has 44 heavy (non-hydrogen) atoms. The summed E-state index contributed by atoms with van der Waals surface area (Å²) in [5, 5.41) is 10.6. The van der Waals surface area contributed by atoms with Gasteiger partial charge in [-0.25, -0.2) is 8.42 Å². The topological polar surface area (TPSA) is 149 Å². The second-order valence-electron chi connectivity index (χ2n) is 9.72. The van der Waals surface area contributed by atoms with Gasteiger partial charge in [-0.3, -0.25) is 9.35 Å². The number of nitrogens with zero attached hydrogens (tertiary/aromatic N) is 2. The summed E-state index contributed by atoms with van der Waals surface area (Å²) in [6.45, 7) is -5.38. The number of rotatable bonds is 17. The Balaban J connectivity index is 6.57. The molecule has 3 N–H and O–H groups in total. The number of hydrogen-bond acceptors (Lipinski definition) is 6. The van der Waals surface area contributed by atoms with Gasteiger partial charge >= 0.3 is 47.0 Å². The van der Waals surface area contributed by atoms with Crippen LogP contribution in [0.2, 0.25) is 0 Å². The van der Waals surface area contributed by atoms with Gasteiger partial charge in [0.2, 0.25) is 0 Å². The van der Waals surface area contributed by atoms with Gasteiger partial charge in [0.25, 0.3) is 20.1 Å². The molecule has 0 fully saturated rings. The third-order valence-corrected chi connectivity index (χ3v) is 8.26. The molecular weight excluding hydrogens is 709 g/mol. The van der Waals surface area contributed by atoms with Crippen LogP contribution in [0, 0.1) is 0 Å². The van der Waals surface area contributed by atoms with Crippen LogP contribution in [0.1, 0.15) is 6.42 Å². The van der Waals surface area contributed by atoms with Gasteiger partial charge in [-0.05, 0) is 0 Å². The Hall–Kier alpha value is -1.84. The molecule has 0 bridgehead atoms. The first-order chi connectivity index (χ1) is 18.9. The van der Waals surface area contributed by atoms with Crippen molar-refractivity contribution < 1.29 is 107 Å². The quantitative estimate of drug-likeness (QED) is 0.118. The van der Waals surface area contributed by atoms with Crippen LogP contribution in [-0.4, -0.2) is 140 Å². The van der Waals surface area contributed by atoms with Crippen LogP contribution in [0.5, 0.6) is 0 Å². The number of sulfonamides is 1. The molecule has 27 heteroatoms. The number of carbonyl (C=O) groups is 1. The highest BCUT2D eigenvalue weighted by Gasteiger charge is 2.94. The Labute approximate surface area is 237 Å². The highest BCUT2D eigenvalue weighted by molar-refractivity contribution is 7.90. The fourth-order valence-electron chi connectivity index (χ4n) is 3.34. The molecule has 264 valence electrons. The Bertz CT molecular complexity index is 1250. The molecule has 0 saturated carbocycles. The predicted molar refractivity (Wildman–Crippen MR) is 113 cm³/mol. The van der Waals surface area contributed by atoms with Crippen molar-refractivity contribution in [2.24, 2.45) is 0 Å². The maximum Gasteiger partial charge on any atom is 0.460 e. The fourth-order valence-corrected chi connectivity index (χ4v) is 5.36. The number of aliphatic carboxylic acids is 1. The number of hydrogen-bond donors (Lipinski definition) is 3. The molecule has 10 nitrogen and oxygen atoms in total. The summed E-state index contributed by atoms with van der Waals surface area (Å²) in [6.07, 6.45) is -10.7. The monoisotopic (exact) mass is 731 g/mol. The van der Waals surface area contributed by atoms with Crippen LogP contribution in [0.3, 0.4) is 0 Å². The second kappa shape index (κ2) is 12.4. The van der Waals surface area contributed by atoms with Gasteiger partial charge < -0.3 is 14.7 Å². The average Bonchev–Trinajstić information content (AvgIpc) is 2.74. The van der Waals surface area contributed by atoms with Gasteiger partial charge in [0.15, 0.2) is 0 Å². The molecule has 0 rings (SSSR count). The van der Waals surface area contributed by atoms with E-state index < -0.39 is 120 Å². The summed E-state index contributed by atoms with van der Waals surface area (Å²) < 4.78 is 255. The third kappa shape index (κ3) is 7.92. The Morgan fingerprint density at radius 3 is 1.50 bits per heavy atom. The summed E-state index contributed by atoms with van der Waals surface area (Å²) in [6, 6.07) is 0. The van der Waals surface area contributed by atoms with Crippen molar-refractivity contribution in [3.63, 3.8) is 0 Å². The molecule has 0 radical (unpaired) electrons. The average molecular weight is 731 g/mol. The van der Waals surface area contributed by atoms with Gasteiger partial charge in [-0.2, -0.15) is 78.6 Å². The van der Waals surface area contributed by atoms with E-state index in [1.165, 1.54) is 0 Å². The number of aliphatic hydroxyl groups excluding tert-OH is 1. The predicted octanol–water partition coefficient (Wildman–Crippen LogP) is 2.75. The zero-order valence-electron chi connectivity index (χ0n) is 21.6. The largest absolute Gasteiger partial charge is 0.480 e. The third-order valence-electron chi connectivity index (χ3n) is 5.55. The van der Waals surface area contributed by atoms with Crippen LogP contribution >= 0.6 is 0 Å². The van der Waals surface area contributed by atoms with E-state index >= 15 is 0 Å². The van der Waals surface area contributed by atoms with E-state index in [0.717, 1.165) is 14.1 Å². The molecule has 0 aliphatic heterocycles. The summed E-state index contributed by atoms with van der Waals surface area (Å²) in [5.74, 6) is -46.6. The van der Waals surface area contributed by atoms with Crippen molar-refractivity contribution in [2.45, 2.75) is 53.6 Å². The van der Waals surface area contributed by atoms with Gasteiger partial charge in [-0.1, -0.05) is 0 Å². The lowest BCUT2D eigenvalue weighted by Crippen LogP contribution is -2.74. The molecular formula is C17H22F15N2O8S2+. The lowest BCUT2D eigenvalue weighted by molar-refractivity contribution is -0.893. The van der Waals surface area contributed by atoms with Crippen molar-refractivity contribution in [2.75, 3.05) is 46.0 Å². The standard InChI is InChI=1S/C17H21F15N2O8S2/c1-34(2,7-9(35)8-43(38,39)40)5-3-4-33(6-10(36)37)44(41,42)17(31,32)15(26,27)13(22,23)11(18,19)12(20,21)14(24,25)16(28,29)30/h9,35H,3-8H2,1-2H3,(H-,36,37,38,39,40)/p+1. The normalized spacial score (nSPS) is 16.4. The lowest BCUT2D eigenvalue weighted by atomic mass is 9.94.